The normalized spacial score (nSPS) is 12.7. The second-order valence-corrected chi connectivity index (χ2v) is 19.2. The maximum Gasteiger partial charge on any atom is 0.306 e. The predicted molar refractivity (Wildman–Crippen MR) is 297 cm³/mol. The SMILES string of the molecule is CC/C=C\C/C=C\C/C=C\C/C=C\C/C=C\C/C=C\CCC(=O)OCC(COC(=O)CCCCCCCCCCCCCCCCCC)OC(=O)CCCCCCC/C=C\CCCCCCCCC. The lowest BCUT2D eigenvalue weighted by molar-refractivity contribution is -0.166. The van der Waals surface area contributed by atoms with Crippen molar-refractivity contribution in [2.24, 2.45) is 0 Å². The number of allylic oxidation sites excluding steroid dienone is 14. The Labute approximate surface area is 426 Å². The third-order valence-electron chi connectivity index (χ3n) is 12.4. The van der Waals surface area contributed by atoms with Crippen molar-refractivity contribution in [2.45, 2.75) is 284 Å². The smallest absolute Gasteiger partial charge is 0.306 e. The molecule has 1 atom stereocenters. The predicted octanol–water partition coefficient (Wildman–Crippen LogP) is 19.5. The molecule has 69 heavy (non-hydrogen) atoms. The summed E-state index contributed by atoms with van der Waals surface area (Å²) in [6, 6.07) is 0. The van der Waals surface area contributed by atoms with Gasteiger partial charge in [-0.1, -0.05) is 260 Å². The van der Waals surface area contributed by atoms with Crippen LogP contribution < -0.4 is 0 Å². The fourth-order valence-corrected chi connectivity index (χ4v) is 8.05. The van der Waals surface area contributed by atoms with E-state index in [1.807, 2.05) is 6.08 Å². The first-order valence-corrected chi connectivity index (χ1v) is 29.1. The van der Waals surface area contributed by atoms with Crippen LogP contribution in [0.5, 0.6) is 0 Å². The van der Waals surface area contributed by atoms with Gasteiger partial charge in [-0.25, -0.2) is 0 Å². The highest BCUT2D eigenvalue weighted by Gasteiger charge is 2.19. The van der Waals surface area contributed by atoms with E-state index < -0.39 is 6.10 Å². The van der Waals surface area contributed by atoms with Gasteiger partial charge in [0.2, 0.25) is 0 Å². The van der Waals surface area contributed by atoms with Gasteiger partial charge in [-0.05, 0) is 83.5 Å². The Hall–Kier alpha value is -3.41. The molecule has 0 amide bonds. The summed E-state index contributed by atoms with van der Waals surface area (Å²) >= 11 is 0. The molecule has 0 N–H and O–H groups in total. The molecule has 396 valence electrons. The lowest BCUT2D eigenvalue weighted by Crippen LogP contribution is -2.30. The van der Waals surface area contributed by atoms with Gasteiger partial charge in [0.15, 0.2) is 6.10 Å². The van der Waals surface area contributed by atoms with E-state index in [0.29, 0.717) is 19.3 Å². The lowest BCUT2D eigenvalue weighted by Gasteiger charge is -2.18. The third kappa shape index (κ3) is 55.4. The molecule has 0 aliphatic carbocycles. The van der Waals surface area contributed by atoms with Crippen LogP contribution in [-0.4, -0.2) is 37.2 Å². The second kappa shape index (κ2) is 57.2. The van der Waals surface area contributed by atoms with Crippen LogP contribution in [0.3, 0.4) is 0 Å². The average molecular weight is 962 g/mol. The third-order valence-corrected chi connectivity index (χ3v) is 12.4. The van der Waals surface area contributed by atoms with E-state index in [1.165, 1.54) is 141 Å². The van der Waals surface area contributed by atoms with E-state index >= 15 is 0 Å². The molecule has 1 unspecified atom stereocenters. The van der Waals surface area contributed by atoms with Gasteiger partial charge in [-0.3, -0.25) is 14.4 Å². The minimum absolute atomic E-state index is 0.101. The number of rotatable bonds is 52. The van der Waals surface area contributed by atoms with Gasteiger partial charge in [0.1, 0.15) is 13.2 Å². The molecule has 0 heterocycles. The quantitative estimate of drug-likeness (QED) is 0.0262. The summed E-state index contributed by atoms with van der Waals surface area (Å²) in [6.07, 6.45) is 74.4. The molecule has 0 aromatic rings. The molecule has 0 aromatic carbocycles. The van der Waals surface area contributed by atoms with Crippen molar-refractivity contribution in [3.8, 4) is 0 Å². The van der Waals surface area contributed by atoms with Crippen molar-refractivity contribution in [3.63, 3.8) is 0 Å². The first-order chi connectivity index (χ1) is 34.0. The summed E-state index contributed by atoms with van der Waals surface area (Å²) in [5.41, 5.74) is 0. The average Bonchev–Trinajstić information content (AvgIpc) is 3.35. The van der Waals surface area contributed by atoms with Gasteiger partial charge in [-0.15, -0.1) is 0 Å². The molecule has 0 radical (unpaired) electrons. The minimum atomic E-state index is -0.810. The monoisotopic (exact) mass is 961 g/mol. The summed E-state index contributed by atoms with van der Waals surface area (Å²) in [4.78, 5) is 38.1. The maximum absolute atomic E-state index is 12.9. The van der Waals surface area contributed by atoms with E-state index in [0.717, 1.165) is 89.9 Å². The molecule has 0 bridgehead atoms. The Kier molecular flexibility index (Phi) is 54.3. The van der Waals surface area contributed by atoms with Crippen molar-refractivity contribution in [3.05, 3.63) is 85.1 Å². The van der Waals surface area contributed by atoms with Crippen LogP contribution in [0.2, 0.25) is 0 Å². The highest BCUT2D eigenvalue weighted by Crippen LogP contribution is 2.16. The van der Waals surface area contributed by atoms with E-state index in [-0.39, 0.29) is 37.5 Å². The van der Waals surface area contributed by atoms with Crippen molar-refractivity contribution in [1.29, 1.82) is 0 Å². The van der Waals surface area contributed by atoms with Crippen LogP contribution in [0.25, 0.3) is 0 Å². The van der Waals surface area contributed by atoms with Crippen molar-refractivity contribution in [2.75, 3.05) is 13.2 Å². The minimum Gasteiger partial charge on any atom is -0.462 e. The molecule has 0 spiro atoms. The number of carbonyl (C=O) groups is 3. The van der Waals surface area contributed by atoms with Crippen LogP contribution >= 0.6 is 0 Å². The largest absolute Gasteiger partial charge is 0.462 e. The molecule has 6 heteroatoms. The van der Waals surface area contributed by atoms with Crippen LogP contribution in [0, 0.1) is 0 Å². The molecular formula is C63H108O6. The van der Waals surface area contributed by atoms with Gasteiger partial charge in [0, 0.05) is 19.3 Å². The zero-order valence-corrected chi connectivity index (χ0v) is 45.3. The summed E-state index contributed by atoms with van der Waals surface area (Å²) in [5.74, 6) is -0.989. The molecule has 0 saturated carbocycles. The van der Waals surface area contributed by atoms with Crippen LogP contribution in [0.15, 0.2) is 85.1 Å². The summed E-state index contributed by atoms with van der Waals surface area (Å²) in [6.45, 7) is 6.47. The van der Waals surface area contributed by atoms with Crippen molar-refractivity contribution >= 4 is 17.9 Å². The Balaban J connectivity index is 4.49. The number of carbonyl (C=O) groups excluding carboxylic acids is 3. The van der Waals surface area contributed by atoms with E-state index in [4.69, 9.17) is 14.2 Å². The number of ether oxygens (including phenoxy) is 3. The van der Waals surface area contributed by atoms with E-state index in [9.17, 15) is 14.4 Å². The van der Waals surface area contributed by atoms with Crippen molar-refractivity contribution in [1.82, 2.24) is 0 Å². The molecule has 0 fully saturated rings. The van der Waals surface area contributed by atoms with Crippen LogP contribution in [0.1, 0.15) is 278 Å². The maximum atomic E-state index is 12.9. The molecular weight excluding hydrogens is 853 g/mol. The first kappa shape index (κ1) is 65.6. The number of hydrogen-bond acceptors (Lipinski definition) is 6. The zero-order valence-electron chi connectivity index (χ0n) is 45.3. The standard InChI is InChI=1S/C63H108O6/c1-4-7-10-13-16-19-22-25-28-31-32-33-36-38-41-44-47-50-53-56-62(65)68-59-60(69-63(66)57-54-51-48-45-42-39-35-30-27-24-21-18-15-12-9-6-3)58-67-61(64)55-52-49-46-43-40-37-34-29-26-23-20-17-14-11-8-5-2/h7,10,16,19,25,28,30,32-33,35,38,41,47,50,60H,4-6,8-9,11-15,17-18,20-24,26-27,29,31,34,36-37,39-40,42-46,48-49,51-59H2,1-3H3/b10-7-,19-16-,28-25-,33-32-,35-30-,41-38-,50-47-. The molecule has 0 aromatic heterocycles. The Bertz CT molecular complexity index is 1330. The Morgan fingerprint density at radius 1 is 0.304 bits per heavy atom. The van der Waals surface area contributed by atoms with Gasteiger partial charge in [0.25, 0.3) is 0 Å². The van der Waals surface area contributed by atoms with E-state index in [2.05, 4.69) is 99.8 Å². The van der Waals surface area contributed by atoms with Crippen LogP contribution in [-0.2, 0) is 28.6 Å². The van der Waals surface area contributed by atoms with Crippen LogP contribution in [0.4, 0.5) is 0 Å². The van der Waals surface area contributed by atoms with Crippen molar-refractivity contribution < 1.29 is 28.6 Å². The van der Waals surface area contributed by atoms with Gasteiger partial charge < -0.3 is 14.2 Å². The Morgan fingerprint density at radius 3 is 0.971 bits per heavy atom. The van der Waals surface area contributed by atoms with Gasteiger partial charge in [0.05, 0.1) is 0 Å². The van der Waals surface area contributed by atoms with Gasteiger partial charge in [-0.2, -0.15) is 0 Å². The summed E-state index contributed by atoms with van der Waals surface area (Å²) in [5, 5.41) is 0. The summed E-state index contributed by atoms with van der Waals surface area (Å²) < 4.78 is 16.8. The molecule has 0 saturated heterocycles. The molecule has 0 rings (SSSR count). The first-order valence-electron chi connectivity index (χ1n) is 29.1. The molecule has 0 aliphatic rings. The highest BCUT2D eigenvalue weighted by molar-refractivity contribution is 5.71. The van der Waals surface area contributed by atoms with Gasteiger partial charge >= 0.3 is 17.9 Å². The topological polar surface area (TPSA) is 78.9 Å². The Morgan fingerprint density at radius 2 is 0.594 bits per heavy atom. The lowest BCUT2D eigenvalue weighted by atomic mass is 10.0. The number of esters is 3. The zero-order chi connectivity index (χ0) is 50.0. The fourth-order valence-electron chi connectivity index (χ4n) is 8.05. The highest BCUT2D eigenvalue weighted by atomic mass is 16.6. The molecule has 0 aliphatic heterocycles. The summed E-state index contributed by atoms with van der Waals surface area (Å²) in [7, 11) is 0. The number of hydrogen-bond donors (Lipinski definition) is 0. The second-order valence-electron chi connectivity index (χ2n) is 19.2. The fraction of sp³-hybridized carbons (Fsp3) is 0.730. The molecule has 6 nitrogen and oxygen atoms in total. The van der Waals surface area contributed by atoms with E-state index in [1.54, 1.807) is 0 Å². The number of unbranched alkanes of at least 4 members (excludes halogenated alkanes) is 27.